The minimum atomic E-state index is -0.132. The van der Waals surface area contributed by atoms with Gasteiger partial charge in [0.25, 0.3) is 0 Å². The summed E-state index contributed by atoms with van der Waals surface area (Å²) < 4.78 is 14.4. The van der Waals surface area contributed by atoms with Gasteiger partial charge in [0.1, 0.15) is 0 Å². The monoisotopic (exact) mass is 317 g/mol. The summed E-state index contributed by atoms with van der Waals surface area (Å²) in [5.74, 6) is 0.611. The smallest absolute Gasteiger partial charge is 0.350 e. The second-order valence-corrected chi connectivity index (χ2v) is 6.93. The second kappa shape index (κ2) is 5.67. The van der Waals surface area contributed by atoms with Crippen molar-refractivity contribution in [3.63, 3.8) is 0 Å². The molecule has 1 saturated carbocycles. The molecule has 124 valence electrons. The maximum absolute atomic E-state index is 12.5. The van der Waals surface area contributed by atoms with Crippen molar-refractivity contribution >= 4 is 5.65 Å². The summed E-state index contributed by atoms with van der Waals surface area (Å²) in [6.45, 7) is 1.36. The van der Waals surface area contributed by atoms with E-state index in [0.29, 0.717) is 23.4 Å². The van der Waals surface area contributed by atoms with Gasteiger partial charge >= 0.3 is 5.69 Å². The number of hydrogen-bond donors (Lipinski definition) is 0. The summed E-state index contributed by atoms with van der Waals surface area (Å²) in [6.07, 6.45) is 9.34. The Kier molecular flexibility index (Phi) is 3.64. The lowest BCUT2D eigenvalue weighted by molar-refractivity contribution is 0.0733. The lowest BCUT2D eigenvalue weighted by Crippen LogP contribution is -2.28. The van der Waals surface area contributed by atoms with E-state index in [0.717, 1.165) is 13.0 Å². The Balaban J connectivity index is 1.57. The van der Waals surface area contributed by atoms with Crippen LogP contribution in [0.4, 0.5) is 0 Å². The van der Waals surface area contributed by atoms with Gasteiger partial charge in [-0.3, -0.25) is 0 Å². The summed E-state index contributed by atoms with van der Waals surface area (Å²) in [7, 11) is 1.59. The van der Waals surface area contributed by atoms with Crippen molar-refractivity contribution in [2.75, 3.05) is 13.7 Å². The number of methoxy groups -OCH3 is 1. The first-order chi connectivity index (χ1) is 11.2. The van der Waals surface area contributed by atoms with Gasteiger partial charge in [0.2, 0.25) is 5.65 Å². The second-order valence-electron chi connectivity index (χ2n) is 6.93. The van der Waals surface area contributed by atoms with Gasteiger partial charge < -0.3 is 9.47 Å². The normalized spacial score (nSPS) is 23.6. The molecule has 23 heavy (non-hydrogen) atoms. The highest BCUT2D eigenvalue weighted by Gasteiger charge is 2.41. The topological polar surface area (TPSA) is 57.8 Å². The molecule has 2 aliphatic rings. The molecule has 0 N–H and O–H groups in total. The van der Waals surface area contributed by atoms with E-state index in [9.17, 15) is 4.79 Å². The Morgan fingerprint density at radius 2 is 2.22 bits per heavy atom. The summed E-state index contributed by atoms with van der Waals surface area (Å²) in [5.41, 5.74) is 0.779. The molecule has 1 spiro atoms. The van der Waals surface area contributed by atoms with E-state index in [1.54, 1.807) is 19.4 Å². The lowest BCUT2D eigenvalue weighted by atomic mass is 9.73. The molecule has 0 aromatic carbocycles. The van der Waals surface area contributed by atoms with Gasteiger partial charge in [-0.25, -0.2) is 13.9 Å². The van der Waals surface area contributed by atoms with Gasteiger partial charge in [-0.05, 0) is 36.8 Å². The van der Waals surface area contributed by atoms with Crippen LogP contribution in [-0.2, 0) is 11.3 Å². The van der Waals surface area contributed by atoms with E-state index in [1.807, 2.05) is 6.07 Å². The van der Waals surface area contributed by atoms with Crippen molar-refractivity contribution in [1.82, 2.24) is 14.2 Å². The van der Waals surface area contributed by atoms with Crippen LogP contribution in [0.25, 0.3) is 5.65 Å². The minimum Gasteiger partial charge on any atom is -0.493 e. The predicted octanol–water partition coefficient (Wildman–Crippen LogP) is 2.24. The zero-order valence-electron chi connectivity index (χ0n) is 13.5. The van der Waals surface area contributed by atoms with Crippen LogP contribution in [0.1, 0.15) is 38.5 Å². The fourth-order valence-corrected chi connectivity index (χ4v) is 4.15. The number of fused-ring (bicyclic) bond motifs is 1. The summed E-state index contributed by atoms with van der Waals surface area (Å²) in [6, 6.07) is 3.61. The Labute approximate surface area is 135 Å². The minimum absolute atomic E-state index is 0.0849. The molecule has 6 heteroatoms. The van der Waals surface area contributed by atoms with Crippen LogP contribution in [0.2, 0.25) is 0 Å². The van der Waals surface area contributed by atoms with Crippen molar-refractivity contribution in [2.24, 2.45) is 5.41 Å². The zero-order chi connectivity index (χ0) is 15.9. The molecular formula is C17H23N3O3. The first-order valence-corrected chi connectivity index (χ1v) is 8.45. The highest BCUT2D eigenvalue weighted by atomic mass is 16.5. The fraction of sp³-hybridized carbons (Fsp3) is 0.647. The van der Waals surface area contributed by atoms with E-state index < -0.39 is 0 Å². The third-order valence-electron chi connectivity index (χ3n) is 5.37. The number of pyridine rings is 1. The van der Waals surface area contributed by atoms with E-state index in [-0.39, 0.29) is 11.8 Å². The van der Waals surface area contributed by atoms with Crippen molar-refractivity contribution < 1.29 is 9.47 Å². The highest BCUT2D eigenvalue weighted by molar-refractivity contribution is 5.52. The van der Waals surface area contributed by atoms with Crippen LogP contribution >= 0.6 is 0 Å². The average Bonchev–Trinajstić information content (AvgIpc) is 3.10. The molecule has 1 atom stereocenters. The van der Waals surface area contributed by atoms with E-state index >= 15 is 0 Å². The molecule has 0 radical (unpaired) electrons. The zero-order valence-corrected chi connectivity index (χ0v) is 13.5. The average molecular weight is 317 g/mol. The Hall–Kier alpha value is -1.82. The molecule has 1 aliphatic heterocycles. The van der Waals surface area contributed by atoms with Crippen LogP contribution < -0.4 is 10.4 Å². The van der Waals surface area contributed by atoms with Crippen molar-refractivity contribution in [2.45, 2.75) is 51.2 Å². The van der Waals surface area contributed by atoms with Gasteiger partial charge in [-0.2, -0.15) is 0 Å². The van der Waals surface area contributed by atoms with Gasteiger partial charge in [0.05, 0.1) is 26.4 Å². The van der Waals surface area contributed by atoms with E-state index in [1.165, 1.54) is 41.2 Å². The number of nitrogens with zero attached hydrogens (tertiary/aromatic N) is 3. The molecule has 6 nitrogen and oxygen atoms in total. The molecule has 4 rings (SSSR count). The predicted molar refractivity (Wildman–Crippen MR) is 85.9 cm³/mol. The first-order valence-electron chi connectivity index (χ1n) is 8.45. The van der Waals surface area contributed by atoms with Crippen LogP contribution in [0.15, 0.2) is 23.1 Å². The fourth-order valence-electron chi connectivity index (χ4n) is 4.15. The van der Waals surface area contributed by atoms with Gasteiger partial charge in [0.15, 0.2) is 5.75 Å². The molecule has 1 saturated heterocycles. The third kappa shape index (κ3) is 2.55. The number of rotatable bonds is 3. The van der Waals surface area contributed by atoms with Crippen LogP contribution in [-0.4, -0.2) is 34.0 Å². The van der Waals surface area contributed by atoms with Gasteiger partial charge in [-0.1, -0.05) is 19.3 Å². The Bertz CT molecular complexity index is 758. The van der Waals surface area contributed by atoms with Crippen LogP contribution in [0, 0.1) is 5.41 Å². The Morgan fingerprint density at radius 1 is 1.39 bits per heavy atom. The van der Waals surface area contributed by atoms with Gasteiger partial charge in [0, 0.05) is 6.20 Å². The first kappa shape index (κ1) is 14.8. The summed E-state index contributed by atoms with van der Waals surface area (Å²) >= 11 is 0. The number of ether oxygens (including phenoxy) is 2. The molecule has 1 aliphatic carbocycles. The molecule has 2 aromatic heterocycles. The molecule has 2 aromatic rings. The number of hydrogen-bond acceptors (Lipinski definition) is 4. The van der Waals surface area contributed by atoms with Crippen molar-refractivity contribution in [3.8, 4) is 5.75 Å². The summed E-state index contributed by atoms with van der Waals surface area (Å²) in [5, 5.41) is 4.44. The Morgan fingerprint density at radius 3 is 3.00 bits per heavy atom. The molecule has 0 amide bonds. The third-order valence-corrected chi connectivity index (χ3v) is 5.37. The molecular weight excluding hydrogens is 294 g/mol. The summed E-state index contributed by atoms with van der Waals surface area (Å²) in [4.78, 5) is 12.5. The molecule has 3 heterocycles. The van der Waals surface area contributed by atoms with Crippen LogP contribution in [0.3, 0.4) is 0 Å². The molecule has 2 fully saturated rings. The highest BCUT2D eigenvalue weighted by Crippen LogP contribution is 2.45. The molecule has 1 unspecified atom stereocenters. The lowest BCUT2D eigenvalue weighted by Gasteiger charge is -2.31. The maximum atomic E-state index is 12.5. The van der Waals surface area contributed by atoms with Crippen molar-refractivity contribution in [3.05, 3.63) is 28.8 Å². The standard InChI is InChI=1S/C17H23N3O3/c1-22-14-6-5-9-19-15(14)18-20(16(19)21)11-13-10-17(12-23-13)7-3-2-4-8-17/h5-6,9,13H,2-4,7-8,10-12H2,1H3. The van der Waals surface area contributed by atoms with Crippen molar-refractivity contribution in [1.29, 1.82) is 0 Å². The quantitative estimate of drug-likeness (QED) is 0.871. The van der Waals surface area contributed by atoms with E-state index in [4.69, 9.17) is 9.47 Å². The van der Waals surface area contributed by atoms with E-state index in [2.05, 4.69) is 5.10 Å². The molecule has 0 bridgehead atoms. The number of aromatic nitrogens is 3. The van der Waals surface area contributed by atoms with Crippen LogP contribution in [0.5, 0.6) is 5.75 Å². The largest absolute Gasteiger partial charge is 0.493 e. The SMILES string of the molecule is COc1cccn2c(=O)n(CC3CC4(CCCCC4)CO3)nc12. The maximum Gasteiger partial charge on any atom is 0.350 e. The van der Waals surface area contributed by atoms with Gasteiger partial charge in [-0.15, -0.1) is 5.10 Å².